The van der Waals surface area contributed by atoms with Gasteiger partial charge in [-0.3, -0.25) is 0 Å². The van der Waals surface area contributed by atoms with Gasteiger partial charge in [0.2, 0.25) is 0 Å². The number of amides is 2. The first-order valence-corrected chi connectivity index (χ1v) is 5.33. The molecule has 4 heteroatoms. The van der Waals surface area contributed by atoms with Gasteiger partial charge < -0.3 is 10.2 Å². The van der Waals surface area contributed by atoms with E-state index in [1.54, 1.807) is 0 Å². The number of hydrogen-bond acceptors (Lipinski definition) is 1. The van der Waals surface area contributed by atoms with E-state index in [0.29, 0.717) is 11.6 Å². The average Bonchev–Trinajstić information content (AvgIpc) is 2.15. The van der Waals surface area contributed by atoms with Crippen LogP contribution >= 0.6 is 11.6 Å². The second kappa shape index (κ2) is 5.25. The molecule has 0 radical (unpaired) electrons. The number of nitrogens with zero attached hydrogens (tertiary/aromatic N) is 1. The van der Waals surface area contributed by atoms with Crippen LogP contribution in [0.15, 0.2) is 11.6 Å². The molecule has 1 aliphatic rings. The molecule has 0 aromatic carbocycles. The van der Waals surface area contributed by atoms with Crippen molar-refractivity contribution >= 4 is 17.6 Å². The fourth-order valence-corrected chi connectivity index (χ4v) is 1.56. The van der Waals surface area contributed by atoms with Crippen LogP contribution in [0.2, 0.25) is 0 Å². The van der Waals surface area contributed by atoms with Crippen LogP contribution in [0.25, 0.3) is 0 Å². The molecule has 1 fully saturated rings. The van der Waals surface area contributed by atoms with Crippen molar-refractivity contribution in [1.82, 2.24) is 10.2 Å². The number of hydrogen-bond donors (Lipinski definition) is 1. The molecule has 3 nitrogen and oxygen atoms in total. The molecule has 2 amide bonds. The molecule has 0 saturated carbocycles. The number of nitrogens with one attached hydrogen (secondary N) is 1. The van der Waals surface area contributed by atoms with E-state index in [1.807, 2.05) is 4.90 Å². The highest BCUT2D eigenvalue weighted by molar-refractivity contribution is 6.29. The summed E-state index contributed by atoms with van der Waals surface area (Å²) in [6.07, 6.45) is 2.19. The van der Waals surface area contributed by atoms with Crippen LogP contribution in [0.5, 0.6) is 0 Å². The molecule has 0 spiro atoms. The number of rotatable bonds is 2. The van der Waals surface area contributed by atoms with E-state index in [-0.39, 0.29) is 6.03 Å². The Bertz CT molecular complexity index is 222. The van der Waals surface area contributed by atoms with E-state index in [9.17, 15) is 4.79 Å². The summed E-state index contributed by atoms with van der Waals surface area (Å²) in [4.78, 5) is 13.4. The van der Waals surface area contributed by atoms with Gasteiger partial charge in [-0.15, -0.1) is 0 Å². The van der Waals surface area contributed by atoms with Gasteiger partial charge in [0.05, 0.1) is 6.54 Å². The van der Waals surface area contributed by atoms with Crippen molar-refractivity contribution in [3.8, 4) is 0 Å². The van der Waals surface area contributed by atoms with E-state index in [2.05, 4.69) is 18.8 Å². The Hall–Kier alpha value is -0.700. The van der Waals surface area contributed by atoms with Crippen molar-refractivity contribution in [3.63, 3.8) is 0 Å². The summed E-state index contributed by atoms with van der Waals surface area (Å²) < 4.78 is 0. The Morgan fingerprint density at radius 1 is 1.57 bits per heavy atom. The second-order valence-electron chi connectivity index (χ2n) is 3.85. The van der Waals surface area contributed by atoms with Crippen LogP contribution < -0.4 is 5.32 Å². The number of urea groups is 1. The lowest BCUT2D eigenvalue weighted by atomic mass is 10.00. The Morgan fingerprint density at radius 2 is 2.14 bits per heavy atom. The predicted molar refractivity (Wildman–Crippen MR) is 58.4 cm³/mol. The molecule has 1 rings (SSSR count). The second-order valence-corrected chi connectivity index (χ2v) is 4.38. The third-order valence-corrected chi connectivity index (χ3v) is 2.64. The minimum absolute atomic E-state index is 0.0290. The lowest BCUT2D eigenvalue weighted by Crippen LogP contribution is -2.44. The number of carbonyl (C=O) groups is 1. The minimum atomic E-state index is -0.0290. The Morgan fingerprint density at radius 3 is 2.64 bits per heavy atom. The molecular weight excluding hydrogens is 200 g/mol. The van der Waals surface area contributed by atoms with Gasteiger partial charge in [-0.2, -0.15) is 0 Å². The lowest BCUT2D eigenvalue weighted by Gasteiger charge is -2.30. The first kappa shape index (κ1) is 11.4. The summed E-state index contributed by atoms with van der Waals surface area (Å²) >= 11 is 5.56. The van der Waals surface area contributed by atoms with Crippen LogP contribution in [-0.4, -0.2) is 30.6 Å². The highest BCUT2D eigenvalue weighted by atomic mass is 35.5. The zero-order chi connectivity index (χ0) is 10.6. The Balaban J connectivity index is 2.27. The van der Waals surface area contributed by atoms with Gasteiger partial charge in [0.1, 0.15) is 0 Å². The minimum Gasteiger partial charge on any atom is -0.333 e. The quantitative estimate of drug-likeness (QED) is 0.754. The van der Waals surface area contributed by atoms with E-state index < -0.39 is 0 Å². The van der Waals surface area contributed by atoms with E-state index in [0.717, 1.165) is 31.8 Å². The molecule has 0 bridgehead atoms. The number of piperidine rings is 1. The van der Waals surface area contributed by atoms with Crippen molar-refractivity contribution in [2.75, 3.05) is 19.6 Å². The van der Waals surface area contributed by atoms with Crippen molar-refractivity contribution in [3.05, 3.63) is 11.6 Å². The van der Waals surface area contributed by atoms with Gasteiger partial charge in [-0.25, -0.2) is 4.79 Å². The summed E-state index contributed by atoms with van der Waals surface area (Å²) in [5, 5.41) is 3.18. The maximum atomic E-state index is 11.5. The van der Waals surface area contributed by atoms with E-state index in [4.69, 9.17) is 11.6 Å². The van der Waals surface area contributed by atoms with E-state index >= 15 is 0 Å². The summed E-state index contributed by atoms with van der Waals surface area (Å²) in [7, 11) is 0. The maximum Gasteiger partial charge on any atom is 0.317 e. The smallest absolute Gasteiger partial charge is 0.317 e. The van der Waals surface area contributed by atoms with Gasteiger partial charge >= 0.3 is 6.03 Å². The molecule has 0 unspecified atom stereocenters. The highest BCUT2D eigenvalue weighted by Gasteiger charge is 2.19. The molecule has 1 heterocycles. The molecule has 0 atom stereocenters. The lowest BCUT2D eigenvalue weighted by molar-refractivity contribution is 0.175. The van der Waals surface area contributed by atoms with Gasteiger partial charge in [0, 0.05) is 18.1 Å². The zero-order valence-corrected chi connectivity index (χ0v) is 9.31. The van der Waals surface area contributed by atoms with Crippen molar-refractivity contribution in [1.29, 1.82) is 0 Å². The fraction of sp³-hybridized carbons (Fsp3) is 0.700. The van der Waals surface area contributed by atoms with Gasteiger partial charge in [-0.05, 0) is 18.8 Å². The molecular formula is C10H17ClN2O. The topological polar surface area (TPSA) is 32.3 Å². The third-order valence-electron chi connectivity index (χ3n) is 2.50. The van der Waals surface area contributed by atoms with Crippen LogP contribution in [0, 0.1) is 5.92 Å². The van der Waals surface area contributed by atoms with Crippen LogP contribution in [0.1, 0.15) is 19.8 Å². The molecule has 80 valence electrons. The molecule has 1 saturated heterocycles. The standard InChI is InChI=1S/C10H17ClN2O/c1-8-3-5-13(6-4-8)10(14)12-7-9(2)11/h8H,2-7H2,1H3,(H,12,14). The summed E-state index contributed by atoms with van der Waals surface area (Å²) in [6.45, 7) is 7.79. The van der Waals surface area contributed by atoms with Gasteiger partial charge in [-0.1, -0.05) is 25.1 Å². The van der Waals surface area contributed by atoms with Gasteiger partial charge in [0.15, 0.2) is 0 Å². The molecule has 0 aromatic rings. The molecule has 1 aliphatic heterocycles. The van der Waals surface area contributed by atoms with Crippen molar-refractivity contribution in [2.45, 2.75) is 19.8 Å². The highest BCUT2D eigenvalue weighted by Crippen LogP contribution is 2.15. The number of halogens is 1. The fourth-order valence-electron chi connectivity index (χ4n) is 1.50. The monoisotopic (exact) mass is 216 g/mol. The first-order valence-electron chi connectivity index (χ1n) is 4.95. The van der Waals surface area contributed by atoms with Crippen LogP contribution in [-0.2, 0) is 0 Å². The summed E-state index contributed by atoms with van der Waals surface area (Å²) in [5.41, 5.74) is 0. The third kappa shape index (κ3) is 3.58. The average molecular weight is 217 g/mol. The zero-order valence-electron chi connectivity index (χ0n) is 8.55. The van der Waals surface area contributed by atoms with Crippen LogP contribution in [0.3, 0.4) is 0 Å². The predicted octanol–water partition coefficient (Wildman–Crippen LogP) is 2.18. The van der Waals surface area contributed by atoms with Crippen molar-refractivity contribution in [2.24, 2.45) is 5.92 Å². The Labute approximate surface area is 90.1 Å². The summed E-state index contributed by atoms with van der Waals surface area (Å²) in [6, 6.07) is -0.0290. The van der Waals surface area contributed by atoms with Crippen molar-refractivity contribution < 1.29 is 4.79 Å². The number of carbonyl (C=O) groups excluding carboxylic acids is 1. The molecule has 14 heavy (non-hydrogen) atoms. The molecule has 0 aliphatic carbocycles. The summed E-state index contributed by atoms with van der Waals surface area (Å²) in [5.74, 6) is 0.738. The largest absolute Gasteiger partial charge is 0.333 e. The van der Waals surface area contributed by atoms with Crippen LogP contribution in [0.4, 0.5) is 4.79 Å². The Kier molecular flexibility index (Phi) is 4.26. The SMILES string of the molecule is C=C(Cl)CNC(=O)N1CCC(C)CC1. The first-order chi connectivity index (χ1) is 6.59. The van der Waals surface area contributed by atoms with Gasteiger partial charge in [0.25, 0.3) is 0 Å². The maximum absolute atomic E-state index is 11.5. The molecule has 0 aromatic heterocycles. The molecule has 1 N–H and O–H groups in total. The van der Waals surface area contributed by atoms with E-state index in [1.165, 1.54) is 0 Å². The normalized spacial score (nSPS) is 18.0. The number of likely N-dealkylation sites (tertiary alicyclic amines) is 1.